The van der Waals surface area contributed by atoms with Crippen LogP contribution in [0.15, 0.2) is 53.0 Å². The minimum absolute atomic E-state index is 0.339. The molecule has 0 fully saturated rings. The number of benzene rings is 1. The molecule has 32 heavy (non-hydrogen) atoms. The standard InChI is InChI=1S/C22H23N5O3S2/c1-13-11-14(2)24-22(23-13)32-12-16-6-8-17(9-7-16)20(29)27-26-19(28)15(3)25-21(30)18-5-4-10-31-18/h4-11,15H,12H2,1-3H3,(H,25,30)(H,26,28)(H,27,29). The first-order valence-corrected chi connectivity index (χ1v) is 11.7. The maximum absolute atomic E-state index is 12.3. The van der Waals surface area contributed by atoms with Crippen LogP contribution in [0.25, 0.3) is 0 Å². The first kappa shape index (κ1) is 23.4. The van der Waals surface area contributed by atoms with Crippen LogP contribution in [0.2, 0.25) is 0 Å². The van der Waals surface area contributed by atoms with Crippen LogP contribution in [0.4, 0.5) is 0 Å². The molecule has 8 nitrogen and oxygen atoms in total. The maximum atomic E-state index is 12.3. The largest absolute Gasteiger partial charge is 0.340 e. The molecule has 1 unspecified atom stereocenters. The lowest BCUT2D eigenvalue weighted by Gasteiger charge is -2.14. The number of nitrogens with zero attached hydrogens (tertiary/aromatic N) is 2. The van der Waals surface area contributed by atoms with Crippen LogP contribution in [0.1, 0.15) is 43.9 Å². The van der Waals surface area contributed by atoms with Crippen LogP contribution >= 0.6 is 23.1 Å². The molecule has 2 heterocycles. The molecule has 0 aliphatic rings. The van der Waals surface area contributed by atoms with E-state index >= 15 is 0 Å². The molecule has 166 valence electrons. The number of hydrogen-bond acceptors (Lipinski definition) is 7. The van der Waals surface area contributed by atoms with Gasteiger partial charge in [0.1, 0.15) is 6.04 Å². The van der Waals surface area contributed by atoms with Crippen molar-refractivity contribution in [2.45, 2.75) is 37.7 Å². The van der Waals surface area contributed by atoms with Crippen LogP contribution in [0.5, 0.6) is 0 Å². The van der Waals surface area contributed by atoms with Gasteiger partial charge in [0.25, 0.3) is 17.7 Å². The molecule has 2 aromatic heterocycles. The van der Waals surface area contributed by atoms with E-state index in [1.807, 2.05) is 32.0 Å². The van der Waals surface area contributed by atoms with Gasteiger partial charge >= 0.3 is 0 Å². The fourth-order valence-electron chi connectivity index (χ4n) is 2.70. The topological polar surface area (TPSA) is 113 Å². The van der Waals surface area contributed by atoms with Gasteiger partial charge < -0.3 is 5.32 Å². The highest BCUT2D eigenvalue weighted by atomic mass is 32.2. The molecule has 10 heteroatoms. The lowest BCUT2D eigenvalue weighted by atomic mass is 10.1. The van der Waals surface area contributed by atoms with Crippen molar-refractivity contribution in [2.75, 3.05) is 0 Å². The Morgan fingerprint density at radius 3 is 2.31 bits per heavy atom. The summed E-state index contributed by atoms with van der Waals surface area (Å²) in [4.78, 5) is 45.8. The Balaban J connectivity index is 1.46. The molecule has 3 amide bonds. The summed E-state index contributed by atoms with van der Waals surface area (Å²) in [7, 11) is 0. The normalized spacial score (nSPS) is 11.5. The highest BCUT2D eigenvalue weighted by molar-refractivity contribution is 7.98. The second kappa shape index (κ2) is 10.9. The molecule has 3 rings (SSSR count). The summed E-state index contributed by atoms with van der Waals surface area (Å²) in [5.41, 5.74) is 7.97. The molecule has 0 saturated heterocycles. The Kier molecular flexibility index (Phi) is 7.96. The van der Waals surface area contributed by atoms with Gasteiger partial charge in [-0.3, -0.25) is 25.2 Å². The smallest absolute Gasteiger partial charge is 0.269 e. The molecule has 0 radical (unpaired) electrons. The van der Waals surface area contributed by atoms with Gasteiger partial charge in [-0.1, -0.05) is 30.0 Å². The van der Waals surface area contributed by atoms with E-state index < -0.39 is 17.9 Å². The summed E-state index contributed by atoms with van der Waals surface area (Å²) in [6.07, 6.45) is 0. The number of hydrazine groups is 1. The molecule has 1 atom stereocenters. The number of thiophene rings is 1. The summed E-state index contributed by atoms with van der Waals surface area (Å²) in [6, 6.07) is 11.6. The number of thioether (sulfide) groups is 1. The van der Waals surface area contributed by atoms with E-state index in [0.717, 1.165) is 17.0 Å². The summed E-state index contributed by atoms with van der Waals surface area (Å²) in [5, 5.41) is 5.08. The Labute approximate surface area is 194 Å². The van der Waals surface area contributed by atoms with E-state index in [9.17, 15) is 14.4 Å². The van der Waals surface area contributed by atoms with Gasteiger partial charge in [-0.05, 0) is 56.0 Å². The van der Waals surface area contributed by atoms with Crippen molar-refractivity contribution in [3.8, 4) is 0 Å². The number of rotatable bonds is 7. The minimum Gasteiger partial charge on any atom is -0.340 e. The van der Waals surface area contributed by atoms with E-state index in [1.165, 1.54) is 23.1 Å². The Bertz CT molecular complexity index is 1080. The predicted molar refractivity (Wildman–Crippen MR) is 124 cm³/mol. The van der Waals surface area contributed by atoms with Crippen molar-refractivity contribution >= 4 is 40.8 Å². The summed E-state index contributed by atoms with van der Waals surface area (Å²) >= 11 is 2.81. The van der Waals surface area contributed by atoms with E-state index in [2.05, 4.69) is 26.1 Å². The molecular weight excluding hydrogens is 446 g/mol. The average Bonchev–Trinajstić information content (AvgIpc) is 3.30. The molecule has 1 aromatic carbocycles. The van der Waals surface area contributed by atoms with Crippen LogP contribution in [0, 0.1) is 13.8 Å². The van der Waals surface area contributed by atoms with Crippen LogP contribution in [-0.2, 0) is 10.5 Å². The quantitative estimate of drug-likeness (QED) is 0.279. The van der Waals surface area contributed by atoms with Gasteiger partial charge in [0.2, 0.25) is 0 Å². The Morgan fingerprint density at radius 2 is 1.69 bits per heavy atom. The number of aromatic nitrogens is 2. The van der Waals surface area contributed by atoms with Gasteiger partial charge in [0.15, 0.2) is 5.16 Å². The van der Waals surface area contributed by atoms with Crippen molar-refractivity contribution in [1.29, 1.82) is 0 Å². The molecule has 0 bridgehead atoms. The Hall–Kier alpha value is -3.24. The van der Waals surface area contributed by atoms with E-state index in [0.29, 0.717) is 21.3 Å². The van der Waals surface area contributed by atoms with Crippen molar-refractivity contribution in [1.82, 2.24) is 26.1 Å². The van der Waals surface area contributed by atoms with Gasteiger partial charge in [-0.2, -0.15) is 0 Å². The van der Waals surface area contributed by atoms with Crippen LogP contribution in [-0.4, -0.2) is 33.7 Å². The molecule has 0 aliphatic heterocycles. The lowest BCUT2D eigenvalue weighted by Crippen LogP contribution is -2.51. The number of nitrogens with one attached hydrogen (secondary N) is 3. The monoisotopic (exact) mass is 469 g/mol. The second-order valence-corrected chi connectivity index (χ2v) is 8.92. The first-order chi connectivity index (χ1) is 15.3. The summed E-state index contributed by atoms with van der Waals surface area (Å²) in [6.45, 7) is 5.41. The van der Waals surface area contributed by atoms with E-state index in [1.54, 1.807) is 36.6 Å². The minimum atomic E-state index is -0.809. The number of carbonyl (C=O) groups is 3. The predicted octanol–water partition coefficient (Wildman–Crippen LogP) is 3.03. The second-order valence-electron chi connectivity index (χ2n) is 7.03. The molecular formula is C22H23N5O3S2. The fourth-order valence-corrected chi connectivity index (χ4v) is 4.23. The number of hydrogen-bond donors (Lipinski definition) is 3. The summed E-state index contributed by atoms with van der Waals surface area (Å²) < 4.78 is 0. The third-order valence-electron chi connectivity index (χ3n) is 4.33. The number of amides is 3. The summed E-state index contributed by atoms with van der Waals surface area (Å²) in [5.74, 6) is -0.645. The van der Waals surface area contributed by atoms with Gasteiger partial charge in [0.05, 0.1) is 4.88 Å². The lowest BCUT2D eigenvalue weighted by molar-refractivity contribution is -0.123. The Morgan fingerprint density at radius 1 is 1.00 bits per heavy atom. The highest BCUT2D eigenvalue weighted by Gasteiger charge is 2.18. The van der Waals surface area contributed by atoms with Crippen molar-refractivity contribution in [2.24, 2.45) is 0 Å². The molecule has 0 saturated carbocycles. The zero-order valence-electron chi connectivity index (χ0n) is 17.8. The molecule has 3 aromatic rings. The highest BCUT2D eigenvalue weighted by Crippen LogP contribution is 2.20. The third-order valence-corrected chi connectivity index (χ3v) is 6.12. The van der Waals surface area contributed by atoms with Crippen molar-refractivity contribution in [3.05, 3.63) is 75.2 Å². The third kappa shape index (κ3) is 6.63. The molecule has 0 aliphatic carbocycles. The molecule has 3 N–H and O–H groups in total. The zero-order chi connectivity index (χ0) is 23.1. The maximum Gasteiger partial charge on any atom is 0.269 e. The van der Waals surface area contributed by atoms with Crippen LogP contribution < -0.4 is 16.2 Å². The zero-order valence-corrected chi connectivity index (χ0v) is 19.5. The van der Waals surface area contributed by atoms with Gasteiger partial charge in [0, 0.05) is 22.7 Å². The van der Waals surface area contributed by atoms with Gasteiger partial charge in [-0.25, -0.2) is 9.97 Å². The van der Waals surface area contributed by atoms with Crippen molar-refractivity contribution < 1.29 is 14.4 Å². The molecule has 0 spiro atoms. The number of aryl methyl sites for hydroxylation is 2. The van der Waals surface area contributed by atoms with Crippen LogP contribution in [0.3, 0.4) is 0 Å². The van der Waals surface area contributed by atoms with Crippen molar-refractivity contribution in [3.63, 3.8) is 0 Å². The average molecular weight is 470 g/mol. The van der Waals surface area contributed by atoms with E-state index in [4.69, 9.17) is 0 Å². The number of carbonyl (C=O) groups excluding carboxylic acids is 3. The van der Waals surface area contributed by atoms with E-state index in [-0.39, 0.29) is 5.91 Å². The van der Waals surface area contributed by atoms with Gasteiger partial charge in [-0.15, -0.1) is 11.3 Å². The fraction of sp³-hybridized carbons (Fsp3) is 0.227. The first-order valence-electron chi connectivity index (χ1n) is 9.80. The SMILES string of the molecule is Cc1cc(C)nc(SCc2ccc(C(=O)NNC(=O)C(C)NC(=O)c3cccs3)cc2)n1.